The molecule has 8 heteroatoms. The van der Waals surface area contributed by atoms with Crippen molar-refractivity contribution in [2.75, 3.05) is 52.1 Å². The maximum absolute atomic E-state index is 12.8. The Hall–Kier alpha value is -2.97. The molecule has 3 aromatic rings. The highest BCUT2D eigenvalue weighted by Crippen LogP contribution is 2.32. The molecule has 1 aromatic carbocycles. The number of likely N-dealkylation sites (N-methyl/N-ethyl adjacent to an activating group) is 1. The van der Waals surface area contributed by atoms with Gasteiger partial charge in [-0.2, -0.15) is 13.2 Å². The Bertz CT molecular complexity index is 1040. The molecule has 1 aliphatic heterocycles. The number of fused-ring (bicyclic) bond motifs is 1. The van der Waals surface area contributed by atoms with E-state index in [0.717, 1.165) is 29.6 Å². The maximum atomic E-state index is 12.8. The van der Waals surface area contributed by atoms with Crippen LogP contribution in [0.1, 0.15) is 5.56 Å². The van der Waals surface area contributed by atoms with Crippen molar-refractivity contribution >= 4 is 16.6 Å². The topological polar surface area (TPSA) is 44.3 Å². The number of rotatable bonds is 4. The van der Waals surface area contributed by atoms with Gasteiger partial charge in [0.25, 0.3) is 0 Å². The number of anilines is 1. The van der Waals surface area contributed by atoms with Crippen LogP contribution in [0.3, 0.4) is 0 Å². The van der Waals surface area contributed by atoms with Crippen LogP contribution in [0.2, 0.25) is 0 Å². The average molecular weight is 444 g/mol. The molecule has 1 saturated heterocycles. The third-order valence-corrected chi connectivity index (χ3v) is 5.36. The van der Waals surface area contributed by atoms with Gasteiger partial charge in [-0.25, -0.2) is 4.98 Å². The molecule has 0 amide bonds. The number of pyridine rings is 2. The number of piperazine rings is 1. The van der Waals surface area contributed by atoms with Gasteiger partial charge in [-0.1, -0.05) is 18.2 Å². The molecular weight excluding hydrogens is 415 g/mol. The van der Waals surface area contributed by atoms with Crippen molar-refractivity contribution in [1.82, 2.24) is 19.8 Å². The molecule has 32 heavy (non-hydrogen) atoms. The SMILES string of the molecule is C=CCN1CCN(C)CC1.CNc1cc2cc(-c3cncc(C(F)(F)F)c3)ccc2cn1. The minimum Gasteiger partial charge on any atom is -0.373 e. The second-order valence-electron chi connectivity index (χ2n) is 7.73. The summed E-state index contributed by atoms with van der Waals surface area (Å²) in [5.74, 6) is 0.701. The van der Waals surface area contributed by atoms with Gasteiger partial charge in [0.05, 0.1) is 5.56 Å². The molecule has 0 spiro atoms. The first kappa shape index (κ1) is 23.7. The van der Waals surface area contributed by atoms with Gasteiger partial charge in [-0.15, -0.1) is 6.58 Å². The van der Waals surface area contributed by atoms with Crippen molar-refractivity contribution in [3.8, 4) is 11.1 Å². The van der Waals surface area contributed by atoms with E-state index < -0.39 is 11.7 Å². The summed E-state index contributed by atoms with van der Waals surface area (Å²) in [6.45, 7) is 9.57. The van der Waals surface area contributed by atoms with E-state index >= 15 is 0 Å². The second-order valence-corrected chi connectivity index (χ2v) is 7.73. The molecule has 0 unspecified atom stereocenters. The van der Waals surface area contributed by atoms with Gasteiger partial charge in [0.1, 0.15) is 5.82 Å². The number of benzene rings is 1. The van der Waals surface area contributed by atoms with Gasteiger partial charge in [0.2, 0.25) is 0 Å². The van der Waals surface area contributed by atoms with Crippen molar-refractivity contribution in [3.05, 3.63) is 67.1 Å². The standard InChI is InChI=1S/C16H12F3N3.C8H16N2/c1-20-15-6-12-4-10(2-3-11(12)8-22-15)13-5-14(9-21-7-13)16(17,18)19;1-3-4-10-7-5-9(2)6-8-10/h2-9H,1H3,(H,20,22);3H,1,4-8H2,2H3. The van der Waals surface area contributed by atoms with Crippen LogP contribution in [0.25, 0.3) is 21.9 Å². The molecule has 1 aliphatic rings. The third-order valence-electron chi connectivity index (χ3n) is 5.36. The van der Waals surface area contributed by atoms with Crippen LogP contribution in [0, 0.1) is 0 Å². The van der Waals surface area contributed by atoms with Crippen LogP contribution in [-0.4, -0.2) is 66.6 Å². The largest absolute Gasteiger partial charge is 0.417 e. The van der Waals surface area contributed by atoms with E-state index in [9.17, 15) is 13.2 Å². The lowest BCUT2D eigenvalue weighted by atomic mass is 10.0. The molecule has 5 nitrogen and oxygen atoms in total. The van der Waals surface area contributed by atoms with Gasteiger partial charge >= 0.3 is 6.18 Å². The minimum absolute atomic E-state index is 0.430. The molecule has 1 N–H and O–H groups in total. The molecule has 170 valence electrons. The van der Waals surface area contributed by atoms with E-state index in [1.54, 1.807) is 19.3 Å². The predicted molar refractivity (Wildman–Crippen MR) is 124 cm³/mol. The van der Waals surface area contributed by atoms with E-state index in [2.05, 4.69) is 38.7 Å². The fourth-order valence-electron chi connectivity index (χ4n) is 3.42. The highest BCUT2D eigenvalue weighted by Gasteiger charge is 2.31. The van der Waals surface area contributed by atoms with Crippen molar-refractivity contribution in [1.29, 1.82) is 0 Å². The Morgan fingerprint density at radius 3 is 2.41 bits per heavy atom. The molecule has 0 saturated carbocycles. The van der Waals surface area contributed by atoms with E-state index in [1.807, 2.05) is 24.3 Å². The lowest BCUT2D eigenvalue weighted by molar-refractivity contribution is -0.137. The Kier molecular flexibility index (Phi) is 7.82. The van der Waals surface area contributed by atoms with Crippen LogP contribution in [0.4, 0.5) is 19.0 Å². The molecule has 0 bridgehead atoms. The number of hydrogen-bond acceptors (Lipinski definition) is 5. The summed E-state index contributed by atoms with van der Waals surface area (Å²) in [7, 11) is 3.93. The zero-order chi connectivity index (χ0) is 23.1. The lowest BCUT2D eigenvalue weighted by Gasteiger charge is -2.31. The van der Waals surface area contributed by atoms with Gasteiger partial charge in [0.15, 0.2) is 0 Å². The number of aromatic nitrogens is 2. The first-order chi connectivity index (χ1) is 15.3. The Labute approximate surface area is 186 Å². The summed E-state index contributed by atoms with van der Waals surface area (Å²) in [4.78, 5) is 12.7. The first-order valence-corrected chi connectivity index (χ1v) is 10.4. The predicted octanol–water partition coefficient (Wildman–Crippen LogP) is 4.78. The molecule has 0 atom stereocenters. The Morgan fingerprint density at radius 2 is 1.75 bits per heavy atom. The maximum Gasteiger partial charge on any atom is 0.417 e. The van der Waals surface area contributed by atoms with Crippen molar-refractivity contribution in [3.63, 3.8) is 0 Å². The van der Waals surface area contributed by atoms with Crippen LogP contribution in [-0.2, 0) is 6.18 Å². The summed E-state index contributed by atoms with van der Waals surface area (Å²) < 4.78 is 38.3. The number of halogens is 3. The zero-order valence-corrected chi connectivity index (χ0v) is 18.4. The van der Waals surface area contributed by atoms with Gasteiger partial charge in [-0.3, -0.25) is 9.88 Å². The first-order valence-electron chi connectivity index (χ1n) is 10.4. The Morgan fingerprint density at radius 1 is 1.00 bits per heavy atom. The molecule has 4 rings (SSSR count). The smallest absolute Gasteiger partial charge is 0.373 e. The number of nitrogens with one attached hydrogen (secondary N) is 1. The number of nitrogens with zero attached hydrogens (tertiary/aromatic N) is 4. The van der Waals surface area contributed by atoms with Gasteiger partial charge in [-0.05, 0) is 36.2 Å². The monoisotopic (exact) mass is 443 g/mol. The highest BCUT2D eigenvalue weighted by atomic mass is 19.4. The van der Waals surface area contributed by atoms with Crippen LogP contribution in [0.5, 0.6) is 0 Å². The van der Waals surface area contributed by atoms with E-state index in [-0.39, 0.29) is 0 Å². The molecular formula is C24H28F3N5. The summed E-state index contributed by atoms with van der Waals surface area (Å²) in [5.41, 5.74) is 0.356. The summed E-state index contributed by atoms with van der Waals surface area (Å²) in [6, 6.07) is 8.38. The van der Waals surface area contributed by atoms with Crippen LogP contribution >= 0.6 is 0 Å². The van der Waals surface area contributed by atoms with E-state index in [4.69, 9.17) is 0 Å². The normalized spacial score (nSPS) is 15.2. The summed E-state index contributed by atoms with van der Waals surface area (Å²) in [5, 5.41) is 4.75. The van der Waals surface area contributed by atoms with Gasteiger partial charge < -0.3 is 10.2 Å². The highest BCUT2D eigenvalue weighted by molar-refractivity contribution is 5.88. The quantitative estimate of drug-likeness (QED) is 0.588. The molecule has 1 fully saturated rings. The summed E-state index contributed by atoms with van der Waals surface area (Å²) in [6.07, 6.45) is 1.55. The fourth-order valence-corrected chi connectivity index (χ4v) is 3.42. The van der Waals surface area contributed by atoms with E-state index in [1.165, 1.54) is 32.4 Å². The molecule has 0 aliphatic carbocycles. The molecule has 3 heterocycles. The van der Waals surface area contributed by atoms with Crippen LogP contribution in [0.15, 0.2) is 61.6 Å². The molecule has 2 aromatic heterocycles. The third kappa shape index (κ3) is 6.27. The van der Waals surface area contributed by atoms with Gasteiger partial charge in [0, 0.05) is 69.3 Å². The van der Waals surface area contributed by atoms with E-state index in [0.29, 0.717) is 16.9 Å². The lowest BCUT2D eigenvalue weighted by Crippen LogP contribution is -2.44. The number of hydrogen-bond donors (Lipinski definition) is 1. The van der Waals surface area contributed by atoms with Crippen LogP contribution < -0.4 is 5.32 Å². The number of alkyl halides is 3. The molecule has 0 radical (unpaired) electrons. The van der Waals surface area contributed by atoms with Crippen molar-refractivity contribution in [2.45, 2.75) is 6.18 Å². The summed E-state index contributed by atoms with van der Waals surface area (Å²) >= 11 is 0. The minimum atomic E-state index is -4.40. The van der Waals surface area contributed by atoms with Crippen molar-refractivity contribution < 1.29 is 13.2 Å². The average Bonchev–Trinajstić information content (AvgIpc) is 2.80. The fraction of sp³-hybridized carbons (Fsp3) is 0.333. The Balaban J connectivity index is 0.000000243. The van der Waals surface area contributed by atoms with Crippen molar-refractivity contribution in [2.24, 2.45) is 0 Å². The zero-order valence-electron chi connectivity index (χ0n) is 18.4. The second kappa shape index (κ2) is 10.6.